The third-order valence-electron chi connectivity index (χ3n) is 3.75. The van der Waals surface area contributed by atoms with Gasteiger partial charge in [0.25, 0.3) is 5.91 Å². The third kappa shape index (κ3) is 3.18. The minimum absolute atomic E-state index is 0.0330. The molecule has 1 aliphatic rings. The SMILES string of the molecule is CNc1cc(C)nc(C2COCCN2C(=O)c2scnc2C)n1. The topological polar surface area (TPSA) is 80.2 Å². The van der Waals surface area contributed by atoms with Crippen molar-refractivity contribution in [2.75, 3.05) is 32.1 Å². The summed E-state index contributed by atoms with van der Waals surface area (Å²) >= 11 is 1.36. The van der Waals surface area contributed by atoms with E-state index < -0.39 is 0 Å². The van der Waals surface area contributed by atoms with E-state index in [0.29, 0.717) is 30.5 Å². The highest BCUT2D eigenvalue weighted by atomic mass is 32.1. The van der Waals surface area contributed by atoms with Crippen molar-refractivity contribution in [1.29, 1.82) is 0 Å². The Morgan fingerprint density at radius 2 is 2.26 bits per heavy atom. The number of nitrogens with zero attached hydrogens (tertiary/aromatic N) is 4. The smallest absolute Gasteiger partial charge is 0.266 e. The van der Waals surface area contributed by atoms with Crippen LogP contribution in [0.1, 0.15) is 32.9 Å². The van der Waals surface area contributed by atoms with Gasteiger partial charge >= 0.3 is 0 Å². The van der Waals surface area contributed by atoms with E-state index in [2.05, 4.69) is 20.3 Å². The number of ether oxygens (including phenoxy) is 1. The number of carbonyl (C=O) groups excluding carboxylic acids is 1. The highest BCUT2D eigenvalue weighted by Crippen LogP contribution is 2.26. The van der Waals surface area contributed by atoms with Crippen molar-refractivity contribution in [3.8, 4) is 0 Å². The molecule has 7 nitrogen and oxygen atoms in total. The molecule has 0 aromatic carbocycles. The Kier molecular flexibility index (Phi) is 4.53. The maximum Gasteiger partial charge on any atom is 0.266 e. The number of hydrogen-bond donors (Lipinski definition) is 1. The Labute approximate surface area is 138 Å². The summed E-state index contributed by atoms with van der Waals surface area (Å²) in [5, 5.41) is 3.02. The van der Waals surface area contributed by atoms with E-state index in [9.17, 15) is 4.79 Å². The summed E-state index contributed by atoms with van der Waals surface area (Å²) in [5.74, 6) is 1.30. The minimum atomic E-state index is -0.287. The molecule has 0 aliphatic carbocycles. The molecule has 2 aromatic heterocycles. The number of carbonyl (C=O) groups is 1. The van der Waals surface area contributed by atoms with Crippen LogP contribution in [-0.2, 0) is 4.74 Å². The van der Waals surface area contributed by atoms with Gasteiger partial charge < -0.3 is 15.0 Å². The molecule has 3 rings (SSSR count). The largest absolute Gasteiger partial charge is 0.377 e. The Morgan fingerprint density at radius 1 is 1.43 bits per heavy atom. The van der Waals surface area contributed by atoms with Crippen LogP contribution in [0.15, 0.2) is 11.6 Å². The molecule has 1 saturated heterocycles. The number of morpholine rings is 1. The van der Waals surface area contributed by atoms with Crippen LogP contribution < -0.4 is 5.32 Å². The fraction of sp³-hybridized carbons (Fsp3) is 0.467. The predicted molar refractivity (Wildman–Crippen MR) is 87.8 cm³/mol. The van der Waals surface area contributed by atoms with Gasteiger partial charge in [0.1, 0.15) is 16.7 Å². The molecule has 3 heterocycles. The first-order valence-electron chi connectivity index (χ1n) is 7.42. The molecule has 1 amide bonds. The second-order valence-electron chi connectivity index (χ2n) is 5.36. The summed E-state index contributed by atoms with van der Waals surface area (Å²) in [6, 6.07) is 1.58. The maximum absolute atomic E-state index is 12.9. The van der Waals surface area contributed by atoms with Crippen molar-refractivity contribution >= 4 is 23.1 Å². The quantitative estimate of drug-likeness (QED) is 0.923. The molecule has 1 atom stereocenters. The molecule has 0 radical (unpaired) electrons. The van der Waals surface area contributed by atoms with Gasteiger partial charge in [-0.3, -0.25) is 4.79 Å². The van der Waals surface area contributed by atoms with Crippen molar-refractivity contribution in [2.45, 2.75) is 19.9 Å². The van der Waals surface area contributed by atoms with Crippen LogP contribution in [0.2, 0.25) is 0 Å². The van der Waals surface area contributed by atoms with Crippen LogP contribution in [0, 0.1) is 13.8 Å². The second kappa shape index (κ2) is 6.59. The molecule has 1 fully saturated rings. The van der Waals surface area contributed by atoms with E-state index in [1.165, 1.54) is 11.3 Å². The molecule has 0 bridgehead atoms. The van der Waals surface area contributed by atoms with Crippen LogP contribution in [0.25, 0.3) is 0 Å². The standard InChI is InChI=1S/C15H19N5O2S/c1-9-6-12(16-3)19-14(18-9)11-7-22-5-4-20(11)15(21)13-10(2)17-8-23-13/h6,8,11H,4-5,7H2,1-3H3,(H,16,18,19). The van der Waals surface area contributed by atoms with Gasteiger partial charge in [-0.25, -0.2) is 15.0 Å². The van der Waals surface area contributed by atoms with Crippen molar-refractivity contribution in [2.24, 2.45) is 0 Å². The lowest BCUT2D eigenvalue weighted by Gasteiger charge is -2.34. The number of aryl methyl sites for hydroxylation is 2. The van der Waals surface area contributed by atoms with Crippen molar-refractivity contribution in [3.05, 3.63) is 33.7 Å². The van der Waals surface area contributed by atoms with E-state index in [0.717, 1.165) is 17.2 Å². The fourth-order valence-electron chi connectivity index (χ4n) is 2.57. The second-order valence-corrected chi connectivity index (χ2v) is 6.21. The number of anilines is 1. The molecular weight excluding hydrogens is 314 g/mol. The van der Waals surface area contributed by atoms with E-state index in [-0.39, 0.29) is 11.9 Å². The third-order valence-corrected chi connectivity index (χ3v) is 4.67. The highest BCUT2D eigenvalue weighted by molar-refractivity contribution is 7.11. The summed E-state index contributed by atoms with van der Waals surface area (Å²) in [6.45, 7) is 5.20. The summed E-state index contributed by atoms with van der Waals surface area (Å²) in [5.41, 5.74) is 3.30. The van der Waals surface area contributed by atoms with Gasteiger partial charge in [0, 0.05) is 25.4 Å². The zero-order chi connectivity index (χ0) is 16.4. The van der Waals surface area contributed by atoms with E-state index in [1.807, 2.05) is 27.0 Å². The normalized spacial score (nSPS) is 18.0. The Morgan fingerprint density at radius 3 is 2.96 bits per heavy atom. The zero-order valence-corrected chi connectivity index (χ0v) is 14.2. The fourth-order valence-corrected chi connectivity index (χ4v) is 3.32. The summed E-state index contributed by atoms with van der Waals surface area (Å²) in [4.78, 5) is 28.5. The molecule has 1 N–H and O–H groups in total. The molecule has 2 aromatic rings. The van der Waals surface area contributed by atoms with Crippen LogP contribution >= 0.6 is 11.3 Å². The Bertz CT molecular complexity index is 718. The Balaban J connectivity index is 1.94. The van der Waals surface area contributed by atoms with Crippen molar-refractivity contribution in [3.63, 3.8) is 0 Å². The first-order valence-corrected chi connectivity index (χ1v) is 8.30. The summed E-state index contributed by atoms with van der Waals surface area (Å²) in [7, 11) is 1.81. The van der Waals surface area contributed by atoms with Gasteiger partial charge in [-0.15, -0.1) is 11.3 Å². The molecule has 122 valence electrons. The number of thiazole rings is 1. The van der Waals surface area contributed by atoms with E-state index in [1.54, 1.807) is 10.4 Å². The lowest BCUT2D eigenvalue weighted by Crippen LogP contribution is -2.44. The highest BCUT2D eigenvalue weighted by Gasteiger charge is 2.33. The monoisotopic (exact) mass is 333 g/mol. The summed E-state index contributed by atoms with van der Waals surface area (Å²) in [6.07, 6.45) is 0. The van der Waals surface area contributed by atoms with Crippen LogP contribution in [-0.4, -0.2) is 52.6 Å². The van der Waals surface area contributed by atoms with Gasteiger partial charge in [0.2, 0.25) is 0 Å². The molecule has 8 heteroatoms. The minimum Gasteiger partial charge on any atom is -0.377 e. The number of hydrogen-bond acceptors (Lipinski definition) is 7. The average molecular weight is 333 g/mol. The summed E-state index contributed by atoms with van der Waals surface area (Å²) < 4.78 is 5.57. The van der Waals surface area contributed by atoms with Gasteiger partial charge in [-0.05, 0) is 13.8 Å². The lowest BCUT2D eigenvalue weighted by atomic mass is 10.2. The molecule has 0 spiro atoms. The molecule has 1 unspecified atom stereocenters. The average Bonchev–Trinajstić information content (AvgIpc) is 2.99. The van der Waals surface area contributed by atoms with Crippen molar-refractivity contribution < 1.29 is 9.53 Å². The van der Waals surface area contributed by atoms with E-state index >= 15 is 0 Å². The number of amides is 1. The van der Waals surface area contributed by atoms with Gasteiger partial charge in [0.15, 0.2) is 5.82 Å². The lowest BCUT2D eigenvalue weighted by molar-refractivity contribution is -0.00502. The molecular formula is C15H19N5O2S. The van der Waals surface area contributed by atoms with Crippen LogP contribution in [0.3, 0.4) is 0 Å². The first-order chi connectivity index (χ1) is 11.1. The maximum atomic E-state index is 12.9. The number of rotatable bonds is 3. The molecule has 0 saturated carbocycles. The number of aromatic nitrogens is 3. The van der Waals surface area contributed by atoms with Crippen LogP contribution in [0.5, 0.6) is 0 Å². The first kappa shape index (κ1) is 15.8. The van der Waals surface area contributed by atoms with Crippen molar-refractivity contribution in [1.82, 2.24) is 19.9 Å². The molecule has 1 aliphatic heterocycles. The van der Waals surface area contributed by atoms with Gasteiger partial charge in [-0.2, -0.15) is 0 Å². The van der Waals surface area contributed by atoms with E-state index in [4.69, 9.17) is 4.74 Å². The molecule has 23 heavy (non-hydrogen) atoms. The van der Waals surface area contributed by atoms with Gasteiger partial charge in [0.05, 0.1) is 24.4 Å². The predicted octanol–water partition coefficient (Wildman–Crippen LogP) is 1.81. The zero-order valence-electron chi connectivity index (χ0n) is 13.4. The Hall–Kier alpha value is -2.06. The van der Waals surface area contributed by atoms with Crippen LogP contribution in [0.4, 0.5) is 5.82 Å². The number of nitrogens with one attached hydrogen (secondary N) is 1. The van der Waals surface area contributed by atoms with Gasteiger partial charge in [-0.1, -0.05) is 0 Å².